The van der Waals surface area contributed by atoms with Crippen molar-refractivity contribution in [1.29, 1.82) is 0 Å². The molecule has 50 heavy (non-hydrogen) atoms. The summed E-state index contributed by atoms with van der Waals surface area (Å²) in [6, 6.07) is 0. The van der Waals surface area contributed by atoms with Crippen LogP contribution in [0.1, 0.15) is 108 Å². The van der Waals surface area contributed by atoms with Gasteiger partial charge in [0.15, 0.2) is 5.78 Å². The summed E-state index contributed by atoms with van der Waals surface area (Å²) < 4.78 is 10.8. The average Bonchev–Trinajstić information content (AvgIpc) is 3.80. The standard InChI is InChI=1S/C40H45N4O5.Mg/c1-10-24-20(5)27-16-29-22(7)26(12-13-33(45)49-15-14-19(3)4)37(43-29)35-36(40(47)48-9)39(46)34-23(8)30(44-38(34)35)18-32-25(11-2)21(6)28(42-32)17-31(24)41-27;/h10,16-19,22,26,36H,1,11-15H2,2-9H3,(H-,43,44,46);/q-3;+2/p-1/b28-17-,29-16-,32-18-;/t22-,26-,36+;/m0./s1. The van der Waals surface area contributed by atoms with Gasteiger partial charge in [-0.15, -0.1) is 33.5 Å². The number of hydrogen-bond donors (Lipinski definition) is 0. The Morgan fingerprint density at radius 3 is 2.34 bits per heavy atom. The largest absolute Gasteiger partial charge is 2.00 e. The van der Waals surface area contributed by atoms with Crippen LogP contribution in [0.15, 0.2) is 18.0 Å². The number of allylic oxidation sites excluding steroid dienone is 2. The van der Waals surface area contributed by atoms with E-state index in [-0.39, 0.29) is 53.1 Å². The van der Waals surface area contributed by atoms with Crippen LogP contribution in [-0.2, 0) is 25.5 Å². The zero-order chi connectivity index (χ0) is 35.3. The molecule has 3 aliphatic rings. The van der Waals surface area contributed by atoms with Gasteiger partial charge < -0.3 is 29.7 Å². The molecule has 6 rings (SSSR count). The van der Waals surface area contributed by atoms with E-state index in [1.165, 1.54) is 7.11 Å². The molecule has 3 aromatic rings. The van der Waals surface area contributed by atoms with Crippen molar-refractivity contribution < 1.29 is 23.9 Å². The molecule has 3 aromatic heterocycles. The molecule has 3 atom stereocenters. The van der Waals surface area contributed by atoms with Gasteiger partial charge in [-0.1, -0.05) is 86.4 Å². The molecule has 8 bridgehead atoms. The predicted octanol–water partition coefficient (Wildman–Crippen LogP) is 5.03. The number of aromatic nitrogens is 3. The minimum Gasteiger partial charge on any atom is -0.664 e. The summed E-state index contributed by atoms with van der Waals surface area (Å²) in [4.78, 5) is 55.5. The Kier molecular flexibility index (Phi) is 10.9. The van der Waals surface area contributed by atoms with Crippen molar-refractivity contribution in [1.82, 2.24) is 15.0 Å². The summed E-state index contributed by atoms with van der Waals surface area (Å²) >= 11 is 0. The van der Waals surface area contributed by atoms with Crippen molar-refractivity contribution in [3.63, 3.8) is 0 Å². The zero-order valence-electron chi connectivity index (χ0n) is 30.4. The summed E-state index contributed by atoms with van der Waals surface area (Å²) in [5, 5.41) is 6.76. The van der Waals surface area contributed by atoms with Crippen LogP contribution in [-0.4, -0.2) is 54.5 Å². The Bertz CT molecular complexity index is 2070. The van der Waals surface area contributed by atoms with E-state index in [0.717, 1.165) is 62.9 Å². The molecule has 0 saturated carbocycles. The minimum absolute atomic E-state index is 0. The summed E-state index contributed by atoms with van der Waals surface area (Å²) in [5.41, 5.74) is 9.47. The summed E-state index contributed by atoms with van der Waals surface area (Å²) in [6.07, 6.45) is 9.85. The molecule has 0 unspecified atom stereocenters. The van der Waals surface area contributed by atoms with E-state index < -0.39 is 11.9 Å². The molecule has 0 N–H and O–H groups in total. The van der Waals surface area contributed by atoms with E-state index >= 15 is 0 Å². The Hall–Kier alpha value is -4.02. The first-order chi connectivity index (χ1) is 23.4. The van der Waals surface area contributed by atoms with Gasteiger partial charge in [0.25, 0.3) is 0 Å². The minimum atomic E-state index is -1.20. The number of nitrogens with zero attached hydrogens (tertiary/aromatic N) is 4. The number of Topliss-reactive ketones (excluding diaryl/α,β-unsaturated/α-hetero) is 1. The second-order valence-electron chi connectivity index (χ2n) is 13.7. The molecule has 1 aliphatic carbocycles. The van der Waals surface area contributed by atoms with Crippen molar-refractivity contribution in [3.05, 3.63) is 90.1 Å². The molecule has 0 spiro atoms. The van der Waals surface area contributed by atoms with Gasteiger partial charge in [-0.3, -0.25) is 14.4 Å². The van der Waals surface area contributed by atoms with E-state index in [9.17, 15) is 14.4 Å². The number of carbonyl (C=O) groups is 3. The number of hydrogen-bond acceptors (Lipinski definition) is 5. The van der Waals surface area contributed by atoms with Crippen molar-refractivity contribution >= 4 is 70.7 Å². The molecular formula is C40H44MgN4O5-2. The fourth-order valence-electron chi connectivity index (χ4n) is 7.40. The average molecular weight is 685 g/mol. The van der Waals surface area contributed by atoms with Crippen LogP contribution in [0, 0.1) is 44.4 Å². The molecule has 0 radical (unpaired) electrons. The number of esters is 2. The normalized spacial score (nSPS) is 22.9. The smallest absolute Gasteiger partial charge is 0.664 e. The molecule has 258 valence electrons. The van der Waals surface area contributed by atoms with E-state index in [1.54, 1.807) is 0 Å². The molecule has 1 fully saturated rings. The summed E-state index contributed by atoms with van der Waals surface area (Å²) in [7, 11) is 1.28. The molecule has 2 aliphatic heterocycles. The van der Waals surface area contributed by atoms with Crippen LogP contribution in [0.4, 0.5) is 0 Å². The van der Waals surface area contributed by atoms with Crippen molar-refractivity contribution in [3.8, 4) is 0 Å². The third-order valence-corrected chi connectivity index (χ3v) is 10.4. The Labute approximate surface area is 309 Å². The molecule has 0 aromatic carbocycles. The Balaban J connectivity index is 0.00000486. The number of methoxy groups -OCH3 is 1. The second-order valence-corrected chi connectivity index (χ2v) is 13.7. The number of carbonyl (C=O) groups excluding carboxylic acids is 3. The Morgan fingerprint density at radius 2 is 1.68 bits per heavy atom. The fourth-order valence-corrected chi connectivity index (χ4v) is 7.40. The van der Waals surface area contributed by atoms with Crippen LogP contribution < -0.4 is 25.7 Å². The van der Waals surface area contributed by atoms with Gasteiger partial charge in [-0.05, 0) is 63.4 Å². The van der Waals surface area contributed by atoms with Crippen LogP contribution >= 0.6 is 0 Å². The van der Waals surface area contributed by atoms with Gasteiger partial charge in [0.05, 0.1) is 13.7 Å². The Morgan fingerprint density at radius 1 is 0.980 bits per heavy atom. The quantitative estimate of drug-likeness (QED) is 0.175. The topological polar surface area (TPSA) is 126 Å². The van der Waals surface area contributed by atoms with Gasteiger partial charge in [0.1, 0.15) is 5.92 Å². The number of fused-ring (bicyclic) bond motifs is 7. The number of ketones is 1. The van der Waals surface area contributed by atoms with Gasteiger partial charge in [-0.25, -0.2) is 0 Å². The predicted molar refractivity (Wildman–Crippen MR) is 195 cm³/mol. The van der Waals surface area contributed by atoms with Crippen molar-refractivity contribution in [2.45, 2.75) is 74.1 Å². The van der Waals surface area contributed by atoms with Gasteiger partial charge >= 0.3 is 35.0 Å². The number of rotatable bonds is 9. The maximum atomic E-state index is 14.2. The second kappa shape index (κ2) is 14.7. The molecule has 9 nitrogen and oxygen atoms in total. The molecular weight excluding hydrogens is 641 g/mol. The summed E-state index contributed by atoms with van der Waals surface area (Å²) in [6.45, 7) is 18.7. The van der Waals surface area contributed by atoms with E-state index in [0.29, 0.717) is 52.7 Å². The first-order valence-electron chi connectivity index (χ1n) is 17.2. The SMILES string of the molecule is C=Cc1c2[n-]c(c1C)/C=C1\[N-]/C(=C3\c4[n-]c(c(C)c4C(=O)[C@@H]3C(=O)OC)/C=c3\[n-]/c(c(C)c3CC)=C\2)[C@@H](CCC(=O)OCCC(C)C)[C@@H]1C.[Mg+2]. The van der Waals surface area contributed by atoms with Gasteiger partial charge in [0, 0.05) is 12.0 Å². The molecule has 1 saturated heterocycles. The van der Waals surface area contributed by atoms with Crippen LogP contribution in [0.25, 0.3) is 35.2 Å². The van der Waals surface area contributed by atoms with Crippen LogP contribution in [0.2, 0.25) is 0 Å². The van der Waals surface area contributed by atoms with Crippen molar-refractivity contribution in [2.75, 3.05) is 13.7 Å². The third-order valence-electron chi connectivity index (χ3n) is 10.4. The monoisotopic (exact) mass is 684 g/mol. The maximum Gasteiger partial charge on any atom is 2.00 e. The zero-order valence-corrected chi connectivity index (χ0v) is 31.8. The van der Waals surface area contributed by atoms with Crippen LogP contribution in [0.3, 0.4) is 0 Å². The van der Waals surface area contributed by atoms with E-state index in [4.69, 9.17) is 29.7 Å². The fraction of sp³-hybridized carbons (Fsp3) is 0.425. The molecule has 5 heterocycles. The first-order valence-corrected chi connectivity index (χ1v) is 17.2. The van der Waals surface area contributed by atoms with Gasteiger partial charge in [-0.2, -0.15) is 11.4 Å². The summed E-state index contributed by atoms with van der Waals surface area (Å²) in [5.74, 6) is -2.54. The molecule has 0 amide bonds. The van der Waals surface area contributed by atoms with Gasteiger partial charge in [0.2, 0.25) is 0 Å². The van der Waals surface area contributed by atoms with E-state index in [2.05, 4.69) is 41.2 Å². The molecule has 10 heteroatoms. The third kappa shape index (κ3) is 6.36. The number of ether oxygens (including phenoxy) is 2. The maximum absolute atomic E-state index is 14.2. The van der Waals surface area contributed by atoms with Crippen molar-refractivity contribution in [2.24, 2.45) is 23.7 Å². The first kappa shape index (κ1) is 37.2. The van der Waals surface area contributed by atoms with Crippen LogP contribution in [0.5, 0.6) is 0 Å². The van der Waals surface area contributed by atoms with E-state index in [1.807, 2.05) is 38.2 Å².